The van der Waals surface area contributed by atoms with Gasteiger partial charge in [-0.15, -0.1) is 0 Å². The van der Waals surface area contributed by atoms with Gasteiger partial charge in [0.1, 0.15) is 18.3 Å². The van der Waals surface area contributed by atoms with Gasteiger partial charge in [-0.05, 0) is 98.1 Å². The molecule has 0 aliphatic rings. The Labute approximate surface area is 272 Å². The molecule has 43 heavy (non-hydrogen) atoms. The maximum absolute atomic E-state index is 14.2. The third-order valence-electron chi connectivity index (χ3n) is 6.53. The van der Waals surface area contributed by atoms with Gasteiger partial charge in [-0.3, -0.25) is 13.9 Å². The molecule has 3 aromatic carbocycles. The second kappa shape index (κ2) is 14.3. The molecule has 8 nitrogen and oxygen atoms in total. The number of hydrogen-bond acceptors (Lipinski definition) is 5. The van der Waals surface area contributed by atoms with Crippen molar-refractivity contribution in [2.24, 2.45) is 0 Å². The van der Waals surface area contributed by atoms with Gasteiger partial charge in [-0.1, -0.05) is 53.9 Å². The van der Waals surface area contributed by atoms with E-state index in [9.17, 15) is 18.0 Å². The monoisotopic (exact) mass is 711 g/mol. The molecule has 0 aliphatic heterocycles. The standard InChI is InChI=1S/C31H36BrCl2N3O5S/c1-7-27(30(39)35-31(3,4)5)36(18-21-10-14-25(33)26(34)16-21)29(38)19-37(22-11-8-20(2)9-12-22)43(40,41)23-13-15-28(42-6)24(32)17-23/h8-17,27H,7,18-19H2,1-6H3,(H,35,39)/t27-/m1/s1. The number of nitrogens with one attached hydrogen (secondary N) is 1. The van der Waals surface area contributed by atoms with E-state index in [4.69, 9.17) is 27.9 Å². The summed E-state index contributed by atoms with van der Waals surface area (Å²) in [6.07, 6.45) is 0.289. The highest BCUT2D eigenvalue weighted by molar-refractivity contribution is 9.10. The van der Waals surface area contributed by atoms with E-state index >= 15 is 0 Å². The summed E-state index contributed by atoms with van der Waals surface area (Å²) in [4.78, 5) is 29.0. The number of nitrogens with zero attached hydrogens (tertiary/aromatic N) is 2. The van der Waals surface area contributed by atoms with Crippen LogP contribution < -0.4 is 14.4 Å². The molecule has 0 saturated heterocycles. The van der Waals surface area contributed by atoms with Gasteiger partial charge in [-0.25, -0.2) is 8.42 Å². The second-order valence-corrected chi connectivity index (χ2v) is 14.6. The van der Waals surface area contributed by atoms with Crippen LogP contribution >= 0.6 is 39.1 Å². The summed E-state index contributed by atoms with van der Waals surface area (Å²) < 4.78 is 35.0. The van der Waals surface area contributed by atoms with Gasteiger partial charge >= 0.3 is 0 Å². The number of aryl methyl sites for hydroxylation is 1. The van der Waals surface area contributed by atoms with Crippen LogP contribution in [0.2, 0.25) is 10.0 Å². The first kappa shape index (κ1) is 34.7. The van der Waals surface area contributed by atoms with Crippen molar-refractivity contribution in [3.8, 4) is 5.75 Å². The lowest BCUT2D eigenvalue weighted by atomic mass is 10.1. The highest BCUT2D eigenvalue weighted by Gasteiger charge is 2.35. The van der Waals surface area contributed by atoms with Crippen molar-refractivity contribution >= 4 is 66.7 Å². The second-order valence-electron chi connectivity index (χ2n) is 11.1. The van der Waals surface area contributed by atoms with Gasteiger partial charge in [0, 0.05) is 12.1 Å². The Hall–Kier alpha value is -2.79. The van der Waals surface area contributed by atoms with E-state index in [-0.39, 0.29) is 23.8 Å². The number of halogens is 3. The fourth-order valence-electron chi connectivity index (χ4n) is 4.38. The fraction of sp³-hybridized carbons (Fsp3) is 0.355. The van der Waals surface area contributed by atoms with E-state index in [1.165, 1.54) is 30.2 Å². The summed E-state index contributed by atoms with van der Waals surface area (Å²) in [5.74, 6) is -0.466. The molecule has 2 amide bonds. The van der Waals surface area contributed by atoms with E-state index < -0.39 is 34.1 Å². The molecule has 0 fully saturated rings. The average Bonchev–Trinajstić information content (AvgIpc) is 2.92. The largest absolute Gasteiger partial charge is 0.496 e. The van der Waals surface area contributed by atoms with Crippen molar-refractivity contribution in [1.82, 2.24) is 10.2 Å². The van der Waals surface area contributed by atoms with Crippen molar-refractivity contribution < 1.29 is 22.7 Å². The molecule has 232 valence electrons. The van der Waals surface area contributed by atoms with Crippen LogP contribution in [-0.2, 0) is 26.2 Å². The van der Waals surface area contributed by atoms with Crippen molar-refractivity contribution in [1.29, 1.82) is 0 Å². The maximum atomic E-state index is 14.2. The summed E-state index contributed by atoms with van der Waals surface area (Å²) in [5.41, 5.74) is 1.30. The normalized spacial score (nSPS) is 12.4. The Morgan fingerprint density at radius 3 is 2.19 bits per heavy atom. The van der Waals surface area contributed by atoms with Gasteiger partial charge in [0.15, 0.2) is 0 Å². The van der Waals surface area contributed by atoms with Crippen LogP contribution in [0.15, 0.2) is 70.0 Å². The lowest BCUT2D eigenvalue weighted by Gasteiger charge is -2.35. The number of rotatable bonds is 11. The molecule has 0 spiro atoms. The van der Waals surface area contributed by atoms with Crippen molar-refractivity contribution in [3.05, 3.63) is 86.3 Å². The quantitative estimate of drug-likeness (QED) is 0.231. The minimum absolute atomic E-state index is 0.00165. The van der Waals surface area contributed by atoms with Crippen LogP contribution in [0.5, 0.6) is 5.75 Å². The Bertz CT molecular complexity index is 1580. The Morgan fingerprint density at radius 1 is 1.00 bits per heavy atom. The molecule has 0 aliphatic carbocycles. The molecule has 0 bridgehead atoms. The highest BCUT2D eigenvalue weighted by atomic mass is 79.9. The van der Waals surface area contributed by atoms with Crippen molar-refractivity contribution in [2.75, 3.05) is 18.0 Å². The predicted octanol–water partition coefficient (Wildman–Crippen LogP) is 6.99. The zero-order valence-corrected chi connectivity index (χ0v) is 28.9. The summed E-state index contributed by atoms with van der Waals surface area (Å²) >= 11 is 15.7. The first-order valence-electron chi connectivity index (χ1n) is 13.6. The molecule has 1 N–H and O–H groups in total. The predicted molar refractivity (Wildman–Crippen MR) is 175 cm³/mol. The number of hydrogen-bond donors (Lipinski definition) is 1. The number of amides is 2. The molecule has 0 aromatic heterocycles. The molecule has 12 heteroatoms. The van der Waals surface area contributed by atoms with Crippen LogP contribution in [0.3, 0.4) is 0 Å². The number of ether oxygens (including phenoxy) is 1. The Balaban J connectivity index is 2.11. The van der Waals surface area contributed by atoms with Crippen LogP contribution in [0, 0.1) is 6.92 Å². The SMILES string of the molecule is CC[C@H](C(=O)NC(C)(C)C)N(Cc1ccc(Cl)c(Cl)c1)C(=O)CN(c1ccc(C)cc1)S(=O)(=O)c1ccc(OC)c(Br)c1. The number of carbonyl (C=O) groups is 2. The third-order valence-corrected chi connectivity index (χ3v) is 9.66. The lowest BCUT2D eigenvalue weighted by molar-refractivity contribution is -0.141. The molecule has 1 atom stereocenters. The van der Waals surface area contributed by atoms with Gasteiger partial charge < -0.3 is 15.0 Å². The third kappa shape index (κ3) is 8.88. The molecule has 3 rings (SSSR count). The van der Waals surface area contributed by atoms with E-state index in [1.54, 1.807) is 49.4 Å². The molecule has 0 unspecified atom stereocenters. The molecule has 0 heterocycles. The van der Waals surface area contributed by atoms with Crippen LogP contribution in [0.4, 0.5) is 5.69 Å². The molecule has 3 aromatic rings. The maximum Gasteiger partial charge on any atom is 0.264 e. The summed E-state index contributed by atoms with van der Waals surface area (Å²) in [6.45, 7) is 8.67. The topological polar surface area (TPSA) is 96.0 Å². The van der Waals surface area contributed by atoms with Crippen LogP contribution in [0.25, 0.3) is 0 Å². The highest BCUT2D eigenvalue weighted by Crippen LogP contribution is 2.31. The van der Waals surface area contributed by atoms with E-state index in [1.807, 2.05) is 27.7 Å². The van der Waals surface area contributed by atoms with Gasteiger partial charge in [0.25, 0.3) is 10.0 Å². The van der Waals surface area contributed by atoms with E-state index in [2.05, 4.69) is 21.2 Å². The summed E-state index contributed by atoms with van der Waals surface area (Å²) in [6, 6.07) is 15.3. The van der Waals surface area contributed by atoms with E-state index in [0.29, 0.717) is 31.5 Å². The number of anilines is 1. The van der Waals surface area contributed by atoms with Gasteiger partial charge in [0.05, 0.1) is 32.2 Å². The number of methoxy groups -OCH3 is 1. The smallest absolute Gasteiger partial charge is 0.264 e. The molecular weight excluding hydrogens is 677 g/mol. The summed E-state index contributed by atoms with van der Waals surface area (Å²) in [5, 5.41) is 3.60. The average molecular weight is 714 g/mol. The zero-order chi connectivity index (χ0) is 32.1. The number of sulfonamides is 1. The first-order valence-corrected chi connectivity index (χ1v) is 16.5. The van der Waals surface area contributed by atoms with Crippen LogP contribution in [0.1, 0.15) is 45.2 Å². The molecular formula is C31H36BrCl2N3O5S. The van der Waals surface area contributed by atoms with Gasteiger partial charge in [0.2, 0.25) is 11.8 Å². The lowest BCUT2D eigenvalue weighted by Crippen LogP contribution is -2.55. The van der Waals surface area contributed by atoms with Crippen LogP contribution in [-0.4, -0.2) is 50.4 Å². The first-order chi connectivity index (χ1) is 20.1. The number of carbonyl (C=O) groups excluding carboxylic acids is 2. The Kier molecular flexibility index (Phi) is 11.6. The minimum atomic E-state index is -4.25. The number of benzene rings is 3. The van der Waals surface area contributed by atoms with Crippen molar-refractivity contribution in [3.63, 3.8) is 0 Å². The summed E-state index contributed by atoms with van der Waals surface area (Å²) in [7, 11) is -2.77. The Morgan fingerprint density at radius 2 is 1.65 bits per heavy atom. The zero-order valence-electron chi connectivity index (χ0n) is 24.9. The molecule has 0 saturated carbocycles. The van der Waals surface area contributed by atoms with Gasteiger partial charge in [-0.2, -0.15) is 0 Å². The molecule has 0 radical (unpaired) electrons. The van der Waals surface area contributed by atoms with E-state index in [0.717, 1.165) is 9.87 Å². The minimum Gasteiger partial charge on any atom is -0.496 e. The van der Waals surface area contributed by atoms with Crippen molar-refractivity contribution in [2.45, 2.75) is 64.1 Å². The fourth-order valence-corrected chi connectivity index (χ4v) is 6.84.